The third kappa shape index (κ3) is 3.18. The van der Waals surface area contributed by atoms with E-state index in [0.717, 1.165) is 6.42 Å². The van der Waals surface area contributed by atoms with Crippen LogP contribution in [-0.2, 0) is 9.47 Å². The first-order valence-corrected chi connectivity index (χ1v) is 9.57. The van der Waals surface area contributed by atoms with Gasteiger partial charge >= 0.3 is 6.09 Å². The van der Waals surface area contributed by atoms with Crippen molar-refractivity contribution in [3.63, 3.8) is 0 Å². The predicted octanol–water partition coefficient (Wildman–Crippen LogP) is 4.69. The number of hydrogen-bond donors (Lipinski definition) is 0. The normalized spacial score (nSPS) is 23.5. The minimum absolute atomic E-state index is 0.0345. The summed E-state index contributed by atoms with van der Waals surface area (Å²) in [5.41, 5.74) is 2.12. The summed E-state index contributed by atoms with van der Waals surface area (Å²) in [6, 6.07) is 8.46. The van der Waals surface area contributed by atoms with Gasteiger partial charge in [0, 0.05) is 4.70 Å². The van der Waals surface area contributed by atoms with Crippen molar-refractivity contribution in [3.8, 4) is 0 Å². The predicted molar refractivity (Wildman–Crippen MR) is 101 cm³/mol. The molecule has 2 aromatic rings. The Balaban J connectivity index is 1.66. The Hall–Kier alpha value is -1.85. The average Bonchev–Trinajstić information content (AvgIpc) is 2.96. The molecule has 132 valence electrons. The molecule has 0 saturated carbocycles. The molecule has 5 heteroatoms. The van der Waals surface area contributed by atoms with Crippen molar-refractivity contribution >= 4 is 33.1 Å². The Labute approximate surface area is 152 Å². The number of benzene rings is 1. The Morgan fingerprint density at radius 1 is 1.28 bits per heavy atom. The number of hydrogen-bond acceptors (Lipinski definition) is 4. The highest BCUT2D eigenvalue weighted by atomic mass is 32.1. The van der Waals surface area contributed by atoms with E-state index in [1.165, 1.54) is 21.2 Å². The van der Waals surface area contributed by atoms with Gasteiger partial charge in [0.15, 0.2) is 0 Å². The number of ether oxygens (including phenoxy) is 2. The Kier molecular flexibility index (Phi) is 4.08. The van der Waals surface area contributed by atoms with Crippen molar-refractivity contribution in [2.75, 3.05) is 13.2 Å². The van der Waals surface area contributed by atoms with Crippen molar-refractivity contribution in [1.29, 1.82) is 0 Å². The highest BCUT2D eigenvalue weighted by Gasteiger charge is 2.40. The lowest BCUT2D eigenvalue weighted by atomic mass is 9.90. The molecule has 1 aromatic heterocycles. The van der Waals surface area contributed by atoms with E-state index in [2.05, 4.69) is 35.7 Å². The number of rotatable bonds is 1. The van der Waals surface area contributed by atoms with Gasteiger partial charge in [-0.15, -0.1) is 11.3 Å². The van der Waals surface area contributed by atoms with Crippen LogP contribution >= 0.6 is 11.3 Å². The molecule has 2 aliphatic heterocycles. The molecule has 1 saturated heterocycles. The van der Waals surface area contributed by atoms with Crippen LogP contribution in [0.2, 0.25) is 0 Å². The molecule has 0 N–H and O–H groups in total. The minimum Gasteiger partial charge on any atom is -0.444 e. The molecule has 2 unspecified atom stereocenters. The number of carbonyl (C=O) groups is 1. The molecular formula is C20H23NO3S. The van der Waals surface area contributed by atoms with Gasteiger partial charge in [0.1, 0.15) is 5.60 Å². The number of fused-ring (bicyclic) bond motifs is 3. The smallest absolute Gasteiger partial charge is 0.411 e. The molecule has 2 aliphatic rings. The summed E-state index contributed by atoms with van der Waals surface area (Å²) < 4.78 is 12.6. The van der Waals surface area contributed by atoms with Crippen LogP contribution < -0.4 is 0 Å². The van der Waals surface area contributed by atoms with Gasteiger partial charge < -0.3 is 9.47 Å². The monoisotopic (exact) mass is 357 g/mol. The fourth-order valence-electron chi connectivity index (χ4n) is 3.62. The van der Waals surface area contributed by atoms with E-state index in [0.29, 0.717) is 13.2 Å². The number of thiophene rings is 1. The highest BCUT2D eigenvalue weighted by molar-refractivity contribution is 7.17. The Morgan fingerprint density at radius 3 is 2.84 bits per heavy atom. The van der Waals surface area contributed by atoms with Gasteiger partial charge in [-0.25, -0.2) is 4.79 Å². The maximum atomic E-state index is 12.7. The molecule has 4 nitrogen and oxygen atoms in total. The molecule has 4 rings (SSSR count). The van der Waals surface area contributed by atoms with Crippen LogP contribution in [0.4, 0.5) is 4.79 Å². The van der Waals surface area contributed by atoms with E-state index in [1.807, 2.05) is 25.7 Å². The fraction of sp³-hybridized carbons (Fsp3) is 0.450. The fourth-order valence-corrected chi connectivity index (χ4v) is 4.61. The first-order valence-electron chi connectivity index (χ1n) is 8.69. The van der Waals surface area contributed by atoms with Crippen LogP contribution in [0.15, 0.2) is 35.7 Å². The summed E-state index contributed by atoms with van der Waals surface area (Å²) in [6.45, 7) is 6.80. The standard InChI is InChI=1S/C20H23NO3S/c1-20(2,3)24-19(22)21-14-8-13(9-15(21)11-23-10-14)17-12-25-18-7-5-4-6-16(17)18/h4-8,12,14-15H,9-11H2,1-3H3. The van der Waals surface area contributed by atoms with Gasteiger partial charge in [-0.1, -0.05) is 24.3 Å². The molecule has 2 bridgehead atoms. The third-order valence-corrected chi connectivity index (χ3v) is 5.59. The first-order chi connectivity index (χ1) is 11.9. The second kappa shape index (κ2) is 6.15. The maximum Gasteiger partial charge on any atom is 0.411 e. The second-order valence-electron chi connectivity index (χ2n) is 7.69. The van der Waals surface area contributed by atoms with Crippen molar-refractivity contribution in [1.82, 2.24) is 4.90 Å². The summed E-state index contributed by atoms with van der Waals surface area (Å²) >= 11 is 1.77. The summed E-state index contributed by atoms with van der Waals surface area (Å²) in [5.74, 6) is 0. The molecule has 2 atom stereocenters. The van der Waals surface area contributed by atoms with Crippen molar-refractivity contribution in [2.24, 2.45) is 0 Å². The molecule has 1 aromatic carbocycles. The molecule has 1 fully saturated rings. The number of nitrogens with zero attached hydrogens (tertiary/aromatic N) is 1. The van der Waals surface area contributed by atoms with Gasteiger partial charge in [-0.3, -0.25) is 4.90 Å². The zero-order valence-electron chi connectivity index (χ0n) is 14.8. The van der Waals surface area contributed by atoms with Crippen molar-refractivity contribution < 1.29 is 14.3 Å². The van der Waals surface area contributed by atoms with Crippen LogP contribution in [0.1, 0.15) is 32.8 Å². The van der Waals surface area contributed by atoms with Gasteiger partial charge in [-0.05, 0) is 55.2 Å². The summed E-state index contributed by atoms with van der Waals surface area (Å²) in [7, 11) is 0. The van der Waals surface area contributed by atoms with Gasteiger partial charge in [-0.2, -0.15) is 0 Å². The number of carbonyl (C=O) groups excluding carboxylic acids is 1. The Bertz CT molecular complexity index is 833. The Morgan fingerprint density at radius 2 is 2.08 bits per heavy atom. The molecule has 25 heavy (non-hydrogen) atoms. The zero-order valence-corrected chi connectivity index (χ0v) is 15.6. The summed E-state index contributed by atoms with van der Waals surface area (Å²) in [5, 5.41) is 3.53. The molecule has 3 heterocycles. The highest BCUT2D eigenvalue weighted by Crippen LogP contribution is 2.38. The quantitative estimate of drug-likeness (QED) is 0.743. The van der Waals surface area contributed by atoms with E-state index < -0.39 is 5.60 Å². The average molecular weight is 357 g/mol. The summed E-state index contributed by atoms with van der Waals surface area (Å²) in [6.07, 6.45) is 2.75. The van der Waals surface area contributed by atoms with E-state index in [1.54, 1.807) is 11.3 Å². The maximum absolute atomic E-state index is 12.7. The van der Waals surface area contributed by atoms with Gasteiger partial charge in [0.2, 0.25) is 0 Å². The molecule has 0 radical (unpaired) electrons. The topological polar surface area (TPSA) is 38.8 Å². The van der Waals surface area contributed by atoms with E-state index >= 15 is 0 Å². The van der Waals surface area contributed by atoms with Crippen LogP contribution in [-0.4, -0.2) is 41.9 Å². The van der Waals surface area contributed by atoms with E-state index in [4.69, 9.17) is 9.47 Å². The zero-order chi connectivity index (χ0) is 17.6. The third-order valence-electron chi connectivity index (χ3n) is 4.63. The van der Waals surface area contributed by atoms with Gasteiger partial charge in [0.25, 0.3) is 0 Å². The largest absolute Gasteiger partial charge is 0.444 e. The van der Waals surface area contributed by atoms with Crippen molar-refractivity contribution in [3.05, 3.63) is 41.3 Å². The first kappa shape index (κ1) is 16.6. The lowest BCUT2D eigenvalue weighted by Gasteiger charge is -2.44. The lowest BCUT2D eigenvalue weighted by molar-refractivity contribution is -0.0510. The molecule has 0 aliphatic carbocycles. The van der Waals surface area contributed by atoms with Crippen LogP contribution in [0.3, 0.4) is 0 Å². The minimum atomic E-state index is -0.486. The second-order valence-corrected chi connectivity index (χ2v) is 8.60. The van der Waals surface area contributed by atoms with E-state index in [9.17, 15) is 4.79 Å². The molecule has 0 spiro atoms. The SMILES string of the molecule is CC(C)(C)OC(=O)N1C2C=C(c3csc4ccccc34)CC1COC2. The van der Waals surface area contributed by atoms with Crippen LogP contribution in [0.25, 0.3) is 15.7 Å². The number of amides is 1. The lowest BCUT2D eigenvalue weighted by Crippen LogP contribution is -2.57. The molecule has 1 amide bonds. The molecular weight excluding hydrogens is 334 g/mol. The van der Waals surface area contributed by atoms with E-state index in [-0.39, 0.29) is 18.2 Å². The number of morpholine rings is 1. The summed E-state index contributed by atoms with van der Waals surface area (Å²) in [4.78, 5) is 14.5. The van der Waals surface area contributed by atoms with Crippen molar-refractivity contribution in [2.45, 2.75) is 44.9 Å². The van der Waals surface area contributed by atoms with Crippen LogP contribution in [0, 0.1) is 0 Å². The van der Waals surface area contributed by atoms with Gasteiger partial charge in [0.05, 0.1) is 25.3 Å². The van der Waals surface area contributed by atoms with Crippen LogP contribution in [0.5, 0.6) is 0 Å².